The summed E-state index contributed by atoms with van der Waals surface area (Å²) in [5.41, 5.74) is -0.796. The first kappa shape index (κ1) is 13.2. The van der Waals surface area contributed by atoms with Crippen LogP contribution in [0, 0.1) is 0 Å². The summed E-state index contributed by atoms with van der Waals surface area (Å²) in [6, 6.07) is 1.66. The summed E-state index contributed by atoms with van der Waals surface area (Å²) >= 11 is 0. The molecule has 0 saturated heterocycles. The monoisotopic (exact) mass is 241 g/mol. The molecule has 0 aliphatic carbocycles. The lowest BCUT2D eigenvalue weighted by atomic mass is 10.0. The number of rotatable bonds is 6. The predicted octanol–water partition coefficient (Wildman–Crippen LogP) is -0.706. The average Bonchev–Trinajstić information content (AvgIpc) is 2.65. The molecular weight excluding hydrogens is 226 g/mol. The van der Waals surface area contributed by atoms with Crippen LogP contribution in [0.1, 0.15) is 19.0 Å². The molecule has 7 nitrogen and oxygen atoms in total. The first-order valence-electron chi connectivity index (χ1n) is 5.08. The highest BCUT2D eigenvalue weighted by molar-refractivity contribution is 5.78. The molecule has 0 aromatic carbocycles. The zero-order chi connectivity index (χ0) is 12.9. The van der Waals surface area contributed by atoms with Crippen LogP contribution in [-0.4, -0.2) is 44.4 Å². The molecule has 0 saturated carbocycles. The third-order valence-corrected chi connectivity index (χ3v) is 2.11. The number of aromatic nitrogens is 2. The van der Waals surface area contributed by atoms with Crippen molar-refractivity contribution in [3.05, 3.63) is 18.0 Å². The molecule has 1 amide bonds. The van der Waals surface area contributed by atoms with Crippen LogP contribution in [-0.2, 0) is 16.0 Å². The molecule has 0 bridgehead atoms. The molecule has 0 radical (unpaired) electrons. The first-order valence-corrected chi connectivity index (χ1v) is 5.08. The molecule has 1 unspecified atom stereocenters. The number of hydrogen-bond donors (Lipinski definition) is 4. The molecule has 1 aromatic heterocycles. The van der Waals surface area contributed by atoms with E-state index < -0.39 is 18.0 Å². The van der Waals surface area contributed by atoms with E-state index in [0.717, 1.165) is 0 Å². The SMILES string of the molecule is CC(O)(CNC(=O)Cc1ccn[nH]1)CC(=O)O. The fourth-order valence-corrected chi connectivity index (χ4v) is 1.30. The number of aliphatic hydroxyl groups is 1. The number of aliphatic carboxylic acids is 1. The van der Waals surface area contributed by atoms with E-state index in [9.17, 15) is 14.7 Å². The molecule has 0 aliphatic heterocycles. The van der Waals surface area contributed by atoms with E-state index in [2.05, 4.69) is 15.5 Å². The van der Waals surface area contributed by atoms with E-state index in [1.165, 1.54) is 13.1 Å². The number of hydrogen-bond acceptors (Lipinski definition) is 4. The van der Waals surface area contributed by atoms with Crippen molar-refractivity contribution in [3.8, 4) is 0 Å². The number of H-pyrrole nitrogens is 1. The molecule has 17 heavy (non-hydrogen) atoms. The summed E-state index contributed by atoms with van der Waals surface area (Å²) in [6.07, 6.45) is 1.23. The second kappa shape index (κ2) is 5.44. The van der Waals surface area contributed by atoms with Crippen LogP contribution in [0.15, 0.2) is 12.3 Å². The predicted molar refractivity (Wildman–Crippen MR) is 58.2 cm³/mol. The maximum absolute atomic E-state index is 11.4. The number of carboxylic acid groups (broad SMARTS) is 1. The van der Waals surface area contributed by atoms with Gasteiger partial charge in [-0.1, -0.05) is 0 Å². The Morgan fingerprint density at radius 3 is 2.82 bits per heavy atom. The molecular formula is C10H15N3O4. The van der Waals surface area contributed by atoms with Gasteiger partial charge in [0.05, 0.1) is 18.4 Å². The highest BCUT2D eigenvalue weighted by Crippen LogP contribution is 2.07. The molecule has 7 heteroatoms. The Labute approximate surface area is 97.8 Å². The van der Waals surface area contributed by atoms with Gasteiger partial charge in [-0.2, -0.15) is 5.10 Å². The van der Waals surface area contributed by atoms with Crippen LogP contribution in [0.25, 0.3) is 0 Å². The second-order valence-corrected chi connectivity index (χ2v) is 4.10. The van der Waals surface area contributed by atoms with Gasteiger partial charge in [-0.05, 0) is 13.0 Å². The van der Waals surface area contributed by atoms with Crippen molar-refractivity contribution >= 4 is 11.9 Å². The fourth-order valence-electron chi connectivity index (χ4n) is 1.30. The molecule has 0 aliphatic rings. The van der Waals surface area contributed by atoms with Gasteiger partial charge in [0.1, 0.15) is 0 Å². The minimum Gasteiger partial charge on any atom is -0.481 e. The molecule has 1 atom stereocenters. The number of carboxylic acids is 1. The van der Waals surface area contributed by atoms with Crippen LogP contribution < -0.4 is 5.32 Å². The van der Waals surface area contributed by atoms with Crippen LogP contribution in [0.3, 0.4) is 0 Å². The molecule has 1 aromatic rings. The summed E-state index contributed by atoms with van der Waals surface area (Å²) in [7, 11) is 0. The van der Waals surface area contributed by atoms with Crippen molar-refractivity contribution in [2.75, 3.05) is 6.54 Å². The summed E-state index contributed by atoms with van der Waals surface area (Å²) in [5.74, 6) is -1.42. The number of aromatic amines is 1. The average molecular weight is 241 g/mol. The molecule has 1 rings (SSSR count). The van der Waals surface area contributed by atoms with Gasteiger partial charge in [-0.15, -0.1) is 0 Å². The van der Waals surface area contributed by atoms with E-state index in [1.54, 1.807) is 6.07 Å². The Morgan fingerprint density at radius 1 is 1.59 bits per heavy atom. The Bertz CT molecular complexity index is 386. The van der Waals surface area contributed by atoms with Gasteiger partial charge in [-0.3, -0.25) is 14.7 Å². The Morgan fingerprint density at radius 2 is 2.29 bits per heavy atom. The van der Waals surface area contributed by atoms with Gasteiger partial charge in [0, 0.05) is 18.4 Å². The normalized spacial score (nSPS) is 14.0. The molecule has 94 valence electrons. The first-order chi connectivity index (χ1) is 7.89. The van der Waals surface area contributed by atoms with E-state index in [4.69, 9.17) is 5.11 Å². The van der Waals surface area contributed by atoms with E-state index in [-0.39, 0.29) is 18.9 Å². The molecule has 0 spiro atoms. The topological polar surface area (TPSA) is 115 Å². The van der Waals surface area contributed by atoms with Gasteiger partial charge in [-0.25, -0.2) is 0 Å². The minimum atomic E-state index is -1.45. The van der Waals surface area contributed by atoms with Crippen molar-refractivity contribution in [1.29, 1.82) is 0 Å². The standard InChI is InChI=1S/C10H15N3O4/c1-10(17,5-9(15)16)6-11-8(14)4-7-2-3-12-13-7/h2-3,17H,4-6H2,1H3,(H,11,14)(H,12,13)(H,15,16). The molecule has 0 fully saturated rings. The number of carbonyl (C=O) groups excluding carboxylic acids is 1. The Hall–Kier alpha value is -1.89. The lowest BCUT2D eigenvalue weighted by Crippen LogP contribution is -2.42. The second-order valence-electron chi connectivity index (χ2n) is 4.10. The minimum absolute atomic E-state index is 0.105. The van der Waals surface area contributed by atoms with Crippen LogP contribution in [0.4, 0.5) is 0 Å². The number of carbonyl (C=O) groups is 2. The zero-order valence-corrected chi connectivity index (χ0v) is 9.43. The lowest BCUT2D eigenvalue weighted by Gasteiger charge is -2.21. The quantitative estimate of drug-likeness (QED) is 0.525. The van der Waals surface area contributed by atoms with Gasteiger partial charge < -0.3 is 15.5 Å². The summed E-state index contributed by atoms with van der Waals surface area (Å²) < 4.78 is 0. The maximum atomic E-state index is 11.4. The van der Waals surface area contributed by atoms with Crippen LogP contribution >= 0.6 is 0 Å². The maximum Gasteiger partial charge on any atom is 0.306 e. The Kier molecular flexibility index (Phi) is 4.22. The number of nitrogens with zero attached hydrogens (tertiary/aromatic N) is 1. The van der Waals surface area contributed by atoms with Gasteiger partial charge >= 0.3 is 5.97 Å². The van der Waals surface area contributed by atoms with E-state index in [0.29, 0.717) is 5.69 Å². The van der Waals surface area contributed by atoms with Crippen molar-refractivity contribution in [3.63, 3.8) is 0 Å². The van der Waals surface area contributed by atoms with Crippen LogP contribution in [0.2, 0.25) is 0 Å². The number of nitrogens with one attached hydrogen (secondary N) is 2. The zero-order valence-electron chi connectivity index (χ0n) is 9.43. The smallest absolute Gasteiger partial charge is 0.306 e. The summed E-state index contributed by atoms with van der Waals surface area (Å²) in [6.45, 7) is 1.25. The Balaban J connectivity index is 2.35. The highest BCUT2D eigenvalue weighted by atomic mass is 16.4. The van der Waals surface area contributed by atoms with E-state index in [1.807, 2.05) is 0 Å². The van der Waals surface area contributed by atoms with Crippen molar-refractivity contribution in [2.45, 2.75) is 25.4 Å². The van der Waals surface area contributed by atoms with E-state index >= 15 is 0 Å². The molecule has 4 N–H and O–H groups in total. The lowest BCUT2D eigenvalue weighted by molar-refractivity contribution is -0.142. The third-order valence-electron chi connectivity index (χ3n) is 2.11. The molecule has 1 heterocycles. The fraction of sp³-hybridized carbons (Fsp3) is 0.500. The van der Waals surface area contributed by atoms with Crippen molar-refractivity contribution in [1.82, 2.24) is 15.5 Å². The number of amides is 1. The summed E-state index contributed by atoms with van der Waals surface area (Å²) in [4.78, 5) is 21.9. The van der Waals surface area contributed by atoms with Crippen molar-refractivity contribution < 1.29 is 19.8 Å². The summed E-state index contributed by atoms with van der Waals surface area (Å²) in [5, 5.41) is 27.0. The van der Waals surface area contributed by atoms with Crippen molar-refractivity contribution in [2.24, 2.45) is 0 Å². The highest BCUT2D eigenvalue weighted by Gasteiger charge is 2.24. The van der Waals surface area contributed by atoms with Gasteiger partial charge in [0.25, 0.3) is 0 Å². The largest absolute Gasteiger partial charge is 0.481 e. The van der Waals surface area contributed by atoms with Gasteiger partial charge in [0.2, 0.25) is 5.91 Å². The third kappa shape index (κ3) is 5.12. The van der Waals surface area contributed by atoms with Crippen LogP contribution in [0.5, 0.6) is 0 Å². The van der Waals surface area contributed by atoms with Gasteiger partial charge in [0.15, 0.2) is 0 Å².